The molecule has 0 N–H and O–H groups in total. The molecule has 1 unspecified atom stereocenters. The molecule has 1 aliphatic rings. The summed E-state index contributed by atoms with van der Waals surface area (Å²) in [6.45, 7) is 8.84. The second-order valence-electron chi connectivity index (χ2n) is 10.9. The number of aryl methyl sites for hydroxylation is 1. The first-order valence-corrected chi connectivity index (χ1v) is 15.6. The number of carbonyl (C=O) groups is 1. The molecule has 0 fully saturated rings. The number of ether oxygens (including phenoxy) is 4. The molecule has 2 aromatic rings. The Bertz CT molecular complexity index is 1360. The Morgan fingerprint density at radius 1 is 0.977 bits per heavy atom. The molecule has 0 radical (unpaired) electrons. The number of carbonyl (C=O) groups excluding carboxylic acids is 1. The van der Waals surface area contributed by atoms with Crippen molar-refractivity contribution >= 4 is 22.3 Å². The van der Waals surface area contributed by atoms with Crippen LogP contribution >= 0.6 is 0 Å². The summed E-state index contributed by atoms with van der Waals surface area (Å²) in [7, 11) is -2.04. The van der Waals surface area contributed by atoms with Crippen LogP contribution in [-0.2, 0) is 28.5 Å². The Kier molecular flexibility index (Phi) is 12.9. The predicted molar refractivity (Wildman–Crippen MR) is 164 cm³/mol. The van der Waals surface area contributed by atoms with E-state index in [2.05, 4.69) is 11.1 Å². The zero-order valence-electron chi connectivity index (χ0n) is 25.5. The summed E-state index contributed by atoms with van der Waals surface area (Å²) in [5.74, 6) is 0.494. The minimum absolute atomic E-state index is 0.0444. The number of nitrogens with zero attached hydrogens (tertiary/aromatic N) is 2. The van der Waals surface area contributed by atoms with Crippen molar-refractivity contribution in [2.75, 3.05) is 46.7 Å². The molecule has 1 atom stereocenters. The SMILES string of the molecule is Cc1ccc(S(=O)(=O)OCCOCCOCCOc2ccc(/C=C/C3=CCC(N(C)C(=O)OC(C)(C)C)C=C3)cn2)cc1. The summed E-state index contributed by atoms with van der Waals surface area (Å²) in [5.41, 5.74) is 2.43. The van der Waals surface area contributed by atoms with Gasteiger partial charge >= 0.3 is 6.09 Å². The second kappa shape index (κ2) is 16.4. The Balaban J connectivity index is 1.25. The van der Waals surface area contributed by atoms with Gasteiger partial charge in [-0.1, -0.05) is 48.1 Å². The molecule has 0 spiro atoms. The number of benzene rings is 1. The van der Waals surface area contributed by atoms with Crippen molar-refractivity contribution in [3.63, 3.8) is 0 Å². The molecule has 1 aromatic heterocycles. The third-order valence-electron chi connectivity index (χ3n) is 6.14. The topological polar surface area (TPSA) is 113 Å². The van der Waals surface area contributed by atoms with Gasteiger partial charge in [0.25, 0.3) is 10.1 Å². The highest BCUT2D eigenvalue weighted by molar-refractivity contribution is 7.86. The van der Waals surface area contributed by atoms with Crippen molar-refractivity contribution in [2.45, 2.75) is 50.7 Å². The fourth-order valence-corrected chi connectivity index (χ4v) is 4.67. The molecule has 43 heavy (non-hydrogen) atoms. The van der Waals surface area contributed by atoms with Crippen molar-refractivity contribution in [1.82, 2.24) is 9.88 Å². The highest BCUT2D eigenvalue weighted by Crippen LogP contribution is 2.19. The van der Waals surface area contributed by atoms with E-state index in [-0.39, 0.29) is 30.2 Å². The molecule has 11 heteroatoms. The van der Waals surface area contributed by atoms with E-state index in [1.54, 1.807) is 36.3 Å². The van der Waals surface area contributed by atoms with Gasteiger partial charge in [0, 0.05) is 19.3 Å². The molecule has 0 saturated heterocycles. The van der Waals surface area contributed by atoms with Gasteiger partial charge in [-0.25, -0.2) is 9.78 Å². The molecule has 1 aliphatic carbocycles. The molecule has 1 amide bonds. The fourth-order valence-electron chi connectivity index (χ4n) is 3.78. The van der Waals surface area contributed by atoms with E-state index in [1.807, 2.05) is 58.1 Å². The van der Waals surface area contributed by atoms with Crippen LogP contribution in [0.5, 0.6) is 5.88 Å². The van der Waals surface area contributed by atoms with Gasteiger partial charge in [-0.3, -0.25) is 4.18 Å². The van der Waals surface area contributed by atoms with Crippen LogP contribution in [0.2, 0.25) is 0 Å². The molecule has 0 saturated carbocycles. The Labute approximate surface area is 255 Å². The van der Waals surface area contributed by atoms with Gasteiger partial charge in [0.05, 0.1) is 44.0 Å². The number of aromatic nitrogens is 1. The lowest BCUT2D eigenvalue weighted by Gasteiger charge is -2.29. The third kappa shape index (κ3) is 12.3. The van der Waals surface area contributed by atoms with Crippen LogP contribution in [0.25, 0.3) is 6.08 Å². The second-order valence-corrected chi connectivity index (χ2v) is 12.5. The number of amides is 1. The summed E-state index contributed by atoms with van der Waals surface area (Å²) in [4.78, 5) is 18.4. The number of hydrogen-bond donors (Lipinski definition) is 0. The maximum absolute atomic E-state index is 12.3. The molecule has 0 bridgehead atoms. The van der Waals surface area contributed by atoms with E-state index in [4.69, 9.17) is 23.1 Å². The van der Waals surface area contributed by atoms with Gasteiger partial charge in [-0.15, -0.1) is 0 Å². The maximum Gasteiger partial charge on any atom is 0.410 e. The summed E-state index contributed by atoms with van der Waals surface area (Å²) in [6.07, 6.45) is 12.2. The summed E-state index contributed by atoms with van der Waals surface area (Å²) >= 11 is 0. The Morgan fingerprint density at radius 3 is 2.26 bits per heavy atom. The van der Waals surface area contributed by atoms with Gasteiger partial charge in [0.15, 0.2) is 0 Å². The van der Waals surface area contributed by atoms with E-state index in [0.29, 0.717) is 38.7 Å². The van der Waals surface area contributed by atoms with Crippen LogP contribution in [0.1, 0.15) is 38.3 Å². The van der Waals surface area contributed by atoms with E-state index in [9.17, 15) is 13.2 Å². The van der Waals surface area contributed by atoms with Crippen molar-refractivity contribution in [1.29, 1.82) is 0 Å². The number of allylic oxidation sites excluding steroid dienone is 3. The van der Waals surface area contributed by atoms with Gasteiger partial charge in [0.2, 0.25) is 5.88 Å². The van der Waals surface area contributed by atoms with E-state index in [0.717, 1.165) is 16.7 Å². The number of rotatable bonds is 15. The molecule has 1 aromatic carbocycles. The quantitative estimate of drug-likeness (QED) is 0.194. The van der Waals surface area contributed by atoms with Crippen LogP contribution in [0.4, 0.5) is 4.79 Å². The van der Waals surface area contributed by atoms with Crippen LogP contribution in [0, 0.1) is 6.92 Å². The van der Waals surface area contributed by atoms with Gasteiger partial charge in [-0.05, 0) is 63.5 Å². The lowest BCUT2D eigenvalue weighted by Crippen LogP contribution is -2.40. The Morgan fingerprint density at radius 2 is 1.65 bits per heavy atom. The molecule has 1 heterocycles. The molecule has 10 nitrogen and oxygen atoms in total. The highest BCUT2D eigenvalue weighted by atomic mass is 32.2. The molecule has 0 aliphatic heterocycles. The van der Waals surface area contributed by atoms with Crippen LogP contribution in [0.3, 0.4) is 0 Å². The lowest BCUT2D eigenvalue weighted by atomic mass is 10.0. The largest absolute Gasteiger partial charge is 0.475 e. The first-order valence-electron chi connectivity index (χ1n) is 14.2. The van der Waals surface area contributed by atoms with E-state index < -0.39 is 15.7 Å². The van der Waals surface area contributed by atoms with E-state index in [1.165, 1.54) is 12.1 Å². The Hall–Kier alpha value is -3.51. The highest BCUT2D eigenvalue weighted by Gasteiger charge is 2.24. The number of hydrogen-bond acceptors (Lipinski definition) is 9. The van der Waals surface area contributed by atoms with Gasteiger partial charge < -0.3 is 23.8 Å². The van der Waals surface area contributed by atoms with Gasteiger partial charge in [0.1, 0.15) is 12.2 Å². The smallest absolute Gasteiger partial charge is 0.410 e. The minimum atomic E-state index is -3.79. The zero-order valence-corrected chi connectivity index (χ0v) is 26.3. The first-order chi connectivity index (χ1) is 20.4. The molecular weight excluding hydrogens is 572 g/mol. The minimum Gasteiger partial charge on any atom is -0.475 e. The number of pyridine rings is 1. The predicted octanol–water partition coefficient (Wildman–Crippen LogP) is 5.34. The summed E-state index contributed by atoms with van der Waals surface area (Å²) < 4.78 is 51.1. The summed E-state index contributed by atoms with van der Waals surface area (Å²) in [6, 6.07) is 10.1. The van der Waals surface area contributed by atoms with Crippen LogP contribution in [0.15, 0.2) is 77.4 Å². The maximum atomic E-state index is 12.3. The van der Waals surface area contributed by atoms with Crippen molar-refractivity contribution < 1.29 is 36.3 Å². The monoisotopic (exact) mass is 614 g/mol. The zero-order chi connectivity index (χ0) is 31.3. The van der Waals surface area contributed by atoms with Crippen molar-refractivity contribution in [3.8, 4) is 5.88 Å². The first kappa shape index (κ1) is 34.0. The van der Waals surface area contributed by atoms with Crippen molar-refractivity contribution in [3.05, 3.63) is 83.6 Å². The van der Waals surface area contributed by atoms with Crippen molar-refractivity contribution in [2.24, 2.45) is 0 Å². The standard InChI is InChI=1S/C32H42N2O8S/c1-25-6-15-29(16-7-25)43(36,37)41-23-21-39-19-18-38-20-22-40-30-17-12-27(24-33-30)9-8-26-10-13-28(14-11-26)34(5)31(35)42-32(2,3)4/h6-13,15-17,24,28H,14,18-23H2,1-5H3/b9-8+. The number of likely N-dealkylation sites (N-methyl/N-ethyl adjacent to an activating group) is 1. The third-order valence-corrected chi connectivity index (χ3v) is 7.46. The summed E-state index contributed by atoms with van der Waals surface area (Å²) in [5, 5.41) is 0. The molecular formula is C32H42N2O8S. The van der Waals surface area contributed by atoms with Crippen LogP contribution < -0.4 is 4.74 Å². The van der Waals surface area contributed by atoms with E-state index >= 15 is 0 Å². The van der Waals surface area contributed by atoms with Gasteiger partial charge in [-0.2, -0.15) is 8.42 Å². The van der Waals surface area contributed by atoms with Crippen LogP contribution in [-0.4, -0.2) is 82.7 Å². The molecule has 3 rings (SSSR count). The average Bonchev–Trinajstić information content (AvgIpc) is 2.97. The lowest BCUT2D eigenvalue weighted by molar-refractivity contribution is 0.0256. The average molecular weight is 615 g/mol. The normalized spacial score (nSPS) is 15.4. The fraction of sp³-hybridized carbons (Fsp3) is 0.438. The molecule has 234 valence electrons.